The van der Waals surface area contributed by atoms with E-state index in [-0.39, 0.29) is 0 Å². The smallest absolute Gasteiger partial charge is 0.164 e. The van der Waals surface area contributed by atoms with Gasteiger partial charge in [0, 0.05) is 32.8 Å². The molecule has 8 aromatic carbocycles. The summed E-state index contributed by atoms with van der Waals surface area (Å²) in [6, 6.07) is 61.1. The van der Waals surface area contributed by atoms with Crippen molar-refractivity contribution in [1.29, 1.82) is 0 Å². The summed E-state index contributed by atoms with van der Waals surface area (Å²) >= 11 is 0. The Hall–Kier alpha value is -6.91. The second-order valence-electron chi connectivity index (χ2n) is 12.8. The molecule has 0 N–H and O–H groups in total. The summed E-state index contributed by atoms with van der Waals surface area (Å²) in [6.07, 6.45) is 0. The molecular weight excluding hydrogens is 623 g/mol. The Bertz CT molecular complexity index is 2850. The quantitative estimate of drug-likeness (QED) is 0.186. The van der Waals surface area contributed by atoms with Crippen LogP contribution in [0.5, 0.6) is 0 Å². The summed E-state index contributed by atoms with van der Waals surface area (Å²) in [5.41, 5.74) is 9.09. The monoisotopic (exact) mass is 651 g/mol. The maximum atomic E-state index is 6.72. The standard InChI is InChI=1S/C47H29N3O/c1-3-14-31(15-4-1)45-48-46(32-16-5-2-6-17-32)50-47(49-45)36-25-26-42-41(29-36)43-40(28-35-18-8-10-23-39(35)44(43)51-42)34-21-11-20-33(27-34)38-24-12-19-30-13-7-9-22-37(30)38/h1-29H. The van der Waals surface area contributed by atoms with Crippen molar-refractivity contribution >= 4 is 43.5 Å². The number of nitrogens with zero attached hydrogens (tertiary/aromatic N) is 3. The normalized spacial score (nSPS) is 11.5. The highest BCUT2D eigenvalue weighted by atomic mass is 16.3. The van der Waals surface area contributed by atoms with Crippen LogP contribution in [0.2, 0.25) is 0 Å². The molecule has 10 aromatic rings. The number of benzene rings is 8. The Kier molecular flexibility index (Phi) is 6.78. The third-order valence-corrected chi connectivity index (χ3v) is 9.69. The highest BCUT2D eigenvalue weighted by Gasteiger charge is 2.19. The second-order valence-corrected chi connectivity index (χ2v) is 12.8. The van der Waals surface area contributed by atoms with Crippen molar-refractivity contribution in [2.45, 2.75) is 0 Å². The summed E-state index contributed by atoms with van der Waals surface area (Å²) in [5.74, 6) is 1.88. The lowest BCUT2D eigenvalue weighted by atomic mass is 9.92. The van der Waals surface area contributed by atoms with Crippen molar-refractivity contribution in [2.24, 2.45) is 0 Å². The van der Waals surface area contributed by atoms with Gasteiger partial charge in [-0.3, -0.25) is 0 Å². The highest BCUT2D eigenvalue weighted by Crippen LogP contribution is 2.43. The van der Waals surface area contributed by atoms with Crippen LogP contribution >= 0.6 is 0 Å². The number of furan rings is 1. The van der Waals surface area contributed by atoms with E-state index in [1.165, 1.54) is 21.9 Å². The van der Waals surface area contributed by atoms with Gasteiger partial charge in [0.15, 0.2) is 17.5 Å². The average Bonchev–Trinajstić information content (AvgIpc) is 3.60. The molecule has 0 fully saturated rings. The Morgan fingerprint density at radius 3 is 1.61 bits per heavy atom. The zero-order valence-electron chi connectivity index (χ0n) is 27.5. The van der Waals surface area contributed by atoms with Crippen molar-refractivity contribution < 1.29 is 4.42 Å². The minimum Gasteiger partial charge on any atom is -0.455 e. The van der Waals surface area contributed by atoms with E-state index in [1.807, 2.05) is 72.8 Å². The topological polar surface area (TPSA) is 51.8 Å². The molecule has 0 radical (unpaired) electrons. The van der Waals surface area contributed by atoms with Gasteiger partial charge in [0.2, 0.25) is 0 Å². The van der Waals surface area contributed by atoms with Crippen molar-refractivity contribution in [2.75, 3.05) is 0 Å². The zero-order valence-corrected chi connectivity index (χ0v) is 27.5. The molecule has 2 heterocycles. The average molecular weight is 652 g/mol. The van der Waals surface area contributed by atoms with Crippen molar-refractivity contribution in [1.82, 2.24) is 15.0 Å². The zero-order chi connectivity index (χ0) is 33.7. The van der Waals surface area contributed by atoms with Crippen LogP contribution in [-0.4, -0.2) is 15.0 Å². The van der Waals surface area contributed by atoms with Gasteiger partial charge >= 0.3 is 0 Å². The molecule has 0 amide bonds. The molecule has 0 saturated carbocycles. The molecule has 10 rings (SSSR count). The molecule has 4 heteroatoms. The Balaban J connectivity index is 1.20. The van der Waals surface area contributed by atoms with Crippen LogP contribution in [0.3, 0.4) is 0 Å². The van der Waals surface area contributed by atoms with Gasteiger partial charge in [-0.2, -0.15) is 0 Å². The molecule has 0 aliphatic rings. The molecule has 51 heavy (non-hydrogen) atoms. The Morgan fingerprint density at radius 2 is 0.882 bits per heavy atom. The van der Waals surface area contributed by atoms with Crippen LogP contribution in [0.1, 0.15) is 0 Å². The van der Waals surface area contributed by atoms with Crippen molar-refractivity contribution in [3.8, 4) is 56.4 Å². The van der Waals surface area contributed by atoms with Crippen LogP contribution in [-0.2, 0) is 0 Å². The van der Waals surface area contributed by atoms with Crippen LogP contribution in [0.25, 0.3) is 99.9 Å². The number of hydrogen-bond donors (Lipinski definition) is 0. The number of rotatable bonds is 5. The third kappa shape index (κ3) is 5.04. The molecule has 2 aromatic heterocycles. The van der Waals surface area contributed by atoms with E-state index in [2.05, 4.69) is 103 Å². The van der Waals surface area contributed by atoms with Gasteiger partial charge in [-0.25, -0.2) is 15.0 Å². The summed E-state index contributed by atoms with van der Waals surface area (Å²) in [6.45, 7) is 0. The number of aromatic nitrogens is 3. The molecule has 238 valence electrons. The molecule has 0 aliphatic carbocycles. The maximum absolute atomic E-state index is 6.72. The van der Waals surface area contributed by atoms with E-state index >= 15 is 0 Å². The van der Waals surface area contributed by atoms with Gasteiger partial charge in [-0.15, -0.1) is 0 Å². The van der Waals surface area contributed by atoms with Gasteiger partial charge in [-0.1, -0.05) is 146 Å². The molecule has 0 saturated heterocycles. The van der Waals surface area contributed by atoms with Crippen molar-refractivity contribution in [3.63, 3.8) is 0 Å². The molecule has 0 bridgehead atoms. The first kappa shape index (κ1) is 29.0. The fourth-order valence-corrected chi connectivity index (χ4v) is 7.25. The highest BCUT2D eigenvalue weighted by molar-refractivity contribution is 6.21. The first-order valence-electron chi connectivity index (χ1n) is 17.1. The van der Waals surface area contributed by atoms with Crippen molar-refractivity contribution in [3.05, 3.63) is 176 Å². The molecule has 0 aliphatic heterocycles. The van der Waals surface area contributed by atoms with Crippen LogP contribution in [0.15, 0.2) is 180 Å². The van der Waals surface area contributed by atoms with Gasteiger partial charge in [0.25, 0.3) is 0 Å². The maximum Gasteiger partial charge on any atom is 0.164 e. The first-order chi connectivity index (χ1) is 25.3. The van der Waals surface area contributed by atoms with Crippen LogP contribution in [0.4, 0.5) is 0 Å². The Labute approximate surface area is 294 Å². The molecular formula is C47H29N3O. The van der Waals surface area contributed by atoms with E-state index in [9.17, 15) is 0 Å². The molecule has 0 atom stereocenters. The van der Waals surface area contributed by atoms with Gasteiger partial charge < -0.3 is 4.42 Å². The molecule has 0 unspecified atom stereocenters. The largest absolute Gasteiger partial charge is 0.455 e. The van der Waals surface area contributed by atoms with Gasteiger partial charge in [-0.05, 0) is 68.7 Å². The lowest BCUT2D eigenvalue weighted by Gasteiger charge is -2.11. The van der Waals surface area contributed by atoms with E-state index in [0.717, 1.165) is 60.5 Å². The predicted molar refractivity (Wildman–Crippen MR) is 209 cm³/mol. The lowest BCUT2D eigenvalue weighted by Crippen LogP contribution is -2.00. The first-order valence-corrected chi connectivity index (χ1v) is 17.1. The Morgan fingerprint density at radius 1 is 0.333 bits per heavy atom. The fourth-order valence-electron chi connectivity index (χ4n) is 7.25. The minimum absolute atomic E-state index is 0.610. The van der Waals surface area contributed by atoms with Crippen LogP contribution < -0.4 is 0 Å². The summed E-state index contributed by atoms with van der Waals surface area (Å²) in [5, 5.41) is 6.76. The lowest BCUT2D eigenvalue weighted by molar-refractivity contribution is 0.673. The predicted octanol–water partition coefficient (Wildman–Crippen LogP) is 12.4. The summed E-state index contributed by atoms with van der Waals surface area (Å²) in [7, 11) is 0. The third-order valence-electron chi connectivity index (χ3n) is 9.69. The van der Waals surface area contributed by atoms with Gasteiger partial charge in [0.1, 0.15) is 11.2 Å². The van der Waals surface area contributed by atoms with E-state index in [1.54, 1.807) is 0 Å². The van der Waals surface area contributed by atoms with E-state index < -0.39 is 0 Å². The summed E-state index contributed by atoms with van der Waals surface area (Å²) in [4.78, 5) is 14.9. The van der Waals surface area contributed by atoms with E-state index in [0.29, 0.717) is 17.5 Å². The molecule has 0 spiro atoms. The summed E-state index contributed by atoms with van der Waals surface area (Å²) < 4.78 is 6.72. The minimum atomic E-state index is 0.610. The fraction of sp³-hybridized carbons (Fsp3) is 0. The van der Waals surface area contributed by atoms with E-state index in [4.69, 9.17) is 19.4 Å². The van der Waals surface area contributed by atoms with Gasteiger partial charge in [0.05, 0.1) is 0 Å². The SMILES string of the molecule is c1ccc(-c2nc(-c3ccccc3)nc(-c3ccc4oc5c6ccccc6cc(-c6cccc(-c7cccc8ccccc78)c6)c5c4c3)n2)cc1. The number of fused-ring (bicyclic) bond motifs is 6. The second kappa shape index (κ2) is 11.9. The van der Waals surface area contributed by atoms with Crippen LogP contribution in [0, 0.1) is 0 Å². The molecule has 4 nitrogen and oxygen atoms in total. The number of hydrogen-bond acceptors (Lipinski definition) is 4.